The average molecular weight is 255 g/mol. The van der Waals surface area contributed by atoms with E-state index in [0.29, 0.717) is 5.69 Å². The Morgan fingerprint density at radius 2 is 1.89 bits per heavy atom. The first kappa shape index (κ1) is 13.3. The zero-order valence-electron chi connectivity index (χ0n) is 11.2. The van der Waals surface area contributed by atoms with Gasteiger partial charge in [-0.3, -0.25) is 0 Å². The molecule has 0 atom stereocenters. The van der Waals surface area contributed by atoms with Crippen LogP contribution < -0.4 is 0 Å². The van der Waals surface area contributed by atoms with Crippen molar-refractivity contribution < 1.29 is 9.53 Å². The minimum atomic E-state index is -0.413. The van der Waals surface area contributed by atoms with E-state index in [9.17, 15) is 4.79 Å². The fourth-order valence-electron chi connectivity index (χ4n) is 1.98. The largest absolute Gasteiger partial charge is 0.464 e. The molecule has 3 nitrogen and oxygen atoms in total. The Hall–Kier alpha value is -2.16. The van der Waals surface area contributed by atoms with Gasteiger partial charge in [0.05, 0.1) is 7.11 Å². The maximum Gasteiger partial charge on any atom is 0.356 e. The number of carbonyl (C=O) groups excluding carboxylic acids is 1. The number of methoxy groups -OCH3 is 1. The Bertz CT molecular complexity index is 561. The van der Waals surface area contributed by atoms with Crippen molar-refractivity contribution in [1.82, 2.24) is 4.98 Å². The quantitative estimate of drug-likeness (QED) is 0.785. The zero-order chi connectivity index (χ0) is 13.7. The molecule has 0 aliphatic heterocycles. The summed E-state index contributed by atoms with van der Waals surface area (Å²) in [6, 6.07) is 12.0. The van der Waals surface area contributed by atoms with E-state index >= 15 is 0 Å². The summed E-state index contributed by atoms with van der Waals surface area (Å²) < 4.78 is 4.68. The van der Waals surface area contributed by atoms with E-state index in [2.05, 4.69) is 40.9 Å². The van der Waals surface area contributed by atoms with E-state index in [1.165, 1.54) is 12.7 Å². The molecule has 0 saturated heterocycles. The number of aromatic nitrogens is 1. The second kappa shape index (κ2) is 6.14. The number of esters is 1. The summed E-state index contributed by atoms with van der Waals surface area (Å²) in [7, 11) is 1.36. The van der Waals surface area contributed by atoms with E-state index in [-0.39, 0.29) is 0 Å². The molecule has 0 saturated carbocycles. The highest BCUT2D eigenvalue weighted by Crippen LogP contribution is 2.20. The molecule has 1 aromatic heterocycles. The molecule has 0 spiro atoms. The normalized spacial score (nSPS) is 10.2. The van der Waals surface area contributed by atoms with Crippen LogP contribution in [-0.4, -0.2) is 18.1 Å². The number of aryl methyl sites for hydroxylation is 1. The molecule has 2 rings (SSSR count). The van der Waals surface area contributed by atoms with Crippen molar-refractivity contribution in [3.05, 3.63) is 53.9 Å². The second-order valence-corrected chi connectivity index (χ2v) is 4.37. The smallest absolute Gasteiger partial charge is 0.356 e. The molecule has 0 N–H and O–H groups in total. The number of carbonyl (C=O) groups is 1. The monoisotopic (exact) mass is 255 g/mol. The van der Waals surface area contributed by atoms with Crippen molar-refractivity contribution in [3.8, 4) is 11.1 Å². The van der Waals surface area contributed by atoms with Gasteiger partial charge in [-0.25, -0.2) is 9.78 Å². The first-order valence-corrected chi connectivity index (χ1v) is 6.38. The van der Waals surface area contributed by atoms with Gasteiger partial charge in [-0.15, -0.1) is 0 Å². The van der Waals surface area contributed by atoms with E-state index in [0.717, 1.165) is 24.0 Å². The fourth-order valence-corrected chi connectivity index (χ4v) is 1.98. The van der Waals surface area contributed by atoms with Crippen LogP contribution in [0.15, 0.2) is 42.6 Å². The summed E-state index contributed by atoms with van der Waals surface area (Å²) in [4.78, 5) is 15.5. The van der Waals surface area contributed by atoms with Crippen molar-refractivity contribution in [2.45, 2.75) is 19.8 Å². The highest BCUT2D eigenvalue weighted by molar-refractivity contribution is 5.88. The molecule has 0 amide bonds. The SMILES string of the molecule is CCCc1ccc(-c2ccnc(C(=O)OC)c2)cc1. The number of hydrogen-bond donors (Lipinski definition) is 0. The molecule has 98 valence electrons. The molecule has 0 radical (unpaired) electrons. The van der Waals surface area contributed by atoms with Gasteiger partial charge in [0, 0.05) is 6.20 Å². The molecular formula is C16H17NO2. The predicted octanol–water partition coefficient (Wildman–Crippen LogP) is 3.49. The highest BCUT2D eigenvalue weighted by Gasteiger charge is 2.08. The third-order valence-electron chi connectivity index (χ3n) is 2.98. The van der Waals surface area contributed by atoms with Crippen LogP contribution in [0.2, 0.25) is 0 Å². The van der Waals surface area contributed by atoms with Crippen LogP contribution in [0.1, 0.15) is 29.4 Å². The van der Waals surface area contributed by atoms with Crippen molar-refractivity contribution in [2.24, 2.45) is 0 Å². The van der Waals surface area contributed by atoms with Crippen molar-refractivity contribution >= 4 is 5.97 Å². The molecule has 3 heteroatoms. The maximum atomic E-state index is 11.5. The number of benzene rings is 1. The van der Waals surface area contributed by atoms with Crippen molar-refractivity contribution in [2.75, 3.05) is 7.11 Å². The minimum Gasteiger partial charge on any atom is -0.464 e. The Labute approximate surface area is 113 Å². The van der Waals surface area contributed by atoms with Gasteiger partial charge < -0.3 is 4.74 Å². The van der Waals surface area contributed by atoms with Crippen LogP contribution in [0.3, 0.4) is 0 Å². The van der Waals surface area contributed by atoms with Crippen molar-refractivity contribution in [3.63, 3.8) is 0 Å². The number of nitrogens with zero attached hydrogens (tertiary/aromatic N) is 1. The Morgan fingerprint density at radius 3 is 2.53 bits per heavy atom. The van der Waals surface area contributed by atoms with Gasteiger partial charge in [0.15, 0.2) is 0 Å². The fraction of sp³-hybridized carbons (Fsp3) is 0.250. The molecule has 1 heterocycles. The molecule has 1 aromatic carbocycles. The topological polar surface area (TPSA) is 39.2 Å². The highest BCUT2D eigenvalue weighted by atomic mass is 16.5. The van der Waals surface area contributed by atoms with Crippen LogP contribution in [0, 0.1) is 0 Å². The molecule has 0 bridgehead atoms. The van der Waals surface area contributed by atoms with E-state index in [4.69, 9.17) is 0 Å². The lowest BCUT2D eigenvalue weighted by Gasteiger charge is -2.05. The van der Waals surface area contributed by atoms with Crippen LogP contribution in [-0.2, 0) is 11.2 Å². The predicted molar refractivity (Wildman–Crippen MR) is 75.0 cm³/mol. The number of ether oxygens (including phenoxy) is 1. The molecule has 0 aliphatic carbocycles. The van der Waals surface area contributed by atoms with Crippen LogP contribution >= 0.6 is 0 Å². The van der Waals surface area contributed by atoms with Gasteiger partial charge in [0.25, 0.3) is 0 Å². The molecule has 0 aliphatic rings. The van der Waals surface area contributed by atoms with Gasteiger partial charge in [-0.2, -0.15) is 0 Å². The van der Waals surface area contributed by atoms with Gasteiger partial charge in [0.1, 0.15) is 5.69 Å². The molecular weight excluding hydrogens is 238 g/mol. The summed E-state index contributed by atoms with van der Waals surface area (Å²) in [5, 5.41) is 0. The molecule has 0 fully saturated rings. The summed E-state index contributed by atoms with van der Waals surface area (Å²) in [6.45, 7) is 2.17. The molecule has 19 heavy (non-hydrogen) atoms. The van der Waals surface area contributed by atoms with Gasteiger partial charge >= 0.3 is 5.97 Å². The molecule has 0 unspecified atom stereocenters. The standard InChI is InChI=1S/C16H17NO2/c1-3-4-12-5-7-13(8-6-12)14-9-10-17-15(11-14)16(18)19-2/h5-11H,3-4H2,1-2H3. The summed E-state index contributed by atoms with van der Waals surface area (Å²) >= 11 is 0. The van der Waals surface area contributed by atoms with E-state index < -0.39 is 5.97 Å². The first-order valence-electron chi connectivity index (χ1n) is 6.38. The van der Waals surface area contributed by atoms with Crippen molar-refractivity contribution in [1.29, 1.82) is 0 Å². The van der Waals surface area contributed by atoms with Gasteiger partial charge in [-0.05, 0) is 35.2 Å². The van der Waals surface area contributed by atoms with Gasteiger partial charge in [0.2, 0.25) is 0 Å². The first-order chi connectivity index (χ1) is 9.24. The summed E-state index contributed by atoms with van der Waals surface area (Å²) in [5.74, 6) is -0.413. The zero-order valence-corrected chi connectivity index (χ0v) is 11.2. The number of pyridine rings is 1. The minimum absolute atomic E-state index is 0.331. The van der Waals surface area contributed by atoms with Crippen LogP contribution in [0.5, 0.6) is 0 Å². The lowest BCUT2D eigenvalue weighted by molar-refractivity contribution is 0.0594. The maximum absolute atomic E-state index is 11.5. The van der Waals surface area contributed by atoms with E-state index in [1.54, 1.807) is 12.3 Å². The number of hydrogen-bond acceptors (Lipinski definition) is 3. The summed E-state index contributed by atoms with van der Waals surface area (Å²) in [5.41, 5.74) is 3.71. The second-order valence-electron chi connectivity index (χ2n) is 4.37. The molecule has 2 aromatic rings. The number of rotatable bonds is 4. The summed E-state index contributed by atoms with van der Waals surface area (Å²) in [6.07, 6.45) is 3.85. The van der Waals surface area contributed by atoms with Gasteiger partial charge in [-0.1, -0.05) is 37.6 Å². The third-order valence-corrected chi connectivity index (χ3v) is 2.98. The lowest BCUT2D eigenvalue weighted by atomic mass is 10.0. The Kier molecular flexibility index (Phi) is 4.29. The van der Waals surface area contributed by atoms with E-state index in [1.807, 2.05) is 6.07 Å². The lowest BCUT2D eigenvalue weighted by Crippen LogP contribution is -2.03. The van der Waals surface area contributed by atoms with Crippen LogP contribution in [0.25, 0.3) is 11.1 Å². The third kappa shape index (κ3) is 3.19. The Balaban J connectivity index is 2.28. The Morgan fingerprint density at radius 1 is 1.16 bits per heavy atom. The average Bonchev–Trinajstić information content (AvgIpc) is 2.48. The van der Waals surface area contributed by atoms with Crippen LogP contribution in [0.4, 0.5) is 0 Å².